The summed E-state index contributed by atoms with van der Waals surface area (Å²) in [4.78, 5) is 22.7. The molecule has 180 valence electrons. The van der Waals surface area contributed by atoms with Crippen molar-refractivity contribution < 1.29 is 27.8 Å². The molecule has 0 saturated carbocycles. The fourth-order valence-corrected chi connectivity index (χ4v) is 2.79. The van der Waals surface area contributed by atoms with Gasteiger partial charge in [0, 0.05) is 12.3 Å². The van der Waals surface area contributed by atoms with Gasteiger partial charge in [0.25, 0.3) is 0 Å². The van der Waals surface area contributed by atoms with Crippen LogP contribution in [0.4, 0.5) is 41.1 Å². The predicted molar refractivity (Wildman–Crippen MR) is 122 cm³/mol. The number of anilines is 4. The lowest BCUT2D eigenvalue weighted by molar-refractivity contribution is 0.0646. The Morgan fingerprint density at radius 3 is 2.38 bits per heavy atom. The zero-order valence-corrected chi connectivity index (χ0v) is 18.9. The summed E-state index contributed by atoms with van der Waals surface area (Å²) >= 11 is 0. The molecule has 3 N–H and O–H groups in total. The number of amides is 2. The third-order valence-electron chi connectivity index (χ3n) is 5.09. The van der Waals surface area contributed by atoms with Crippen LogP contribution in [0.3, 0.4) is 0 Å². The second-order valence-electron chi connectivity index (χ2n) is 7.94. The van der Waals surface area contributed by atoms with Crippen LogP contribution < -0.4 is 20.3 Å². The summed E-state index contributed by atoms with van der Waals surface area (Å²) in [5.74, 6) is -3.88. The number of carbonyl (C=O) groups excluding carboxylic acids is 1. The zero-order valence-electron chi connectivity index (χ0n) is 18.9. The van der Waals surface area contributed by atoms with Gasteiger partial charge >= 0.3 is 6.03 Å². The monoisotopic (exact) mass is 475 g/mol. The van der Waals surface area contributed by atoms with Crippen molar-refractivity contribution in [2.24, 2.45) is 0 Å². The highest BCUT2D eigenvalue weighted by Crippen LogP contribution is 2.29. The number of aliphatic hydroxyl groups is 1. The number of urea groups is 1. The van der Waals surface area contributed by atoms with Crippen LogP contribution in [0.2, 0.25) is 0 Å². The molecule has 3 rings (SSSR count). The molecular weight excluding hydrogens is 451 g/mol. The fourth-order valence-electron chi connectivity index (χ4n) is 2.79. The van der Waals surface area contributed by atoms with Crippen molar-refractivity contribution >= 4 is 29.2 Å². The van der Waals surface area contributed by atoms with Gasteiger partial charge in [-0.25, -0.2) is 27.8 Å². The lowest BCUT2D eigenvalue weighted by Gasteiger charge is -2.27. The fraction of sp³-hybridized carbons (Fsp3) is 0.261. The second-order valence-corrected chi connectivity index (χ2v) is 7.94. The van der Waals surface area contributed by atoms with Crippen LogP contribution in [0.5, 0.6) is 5.75 Å². The predicted octanol–water partition coefficient (Wildman–Crippen LogP) is 4.84. The van der Waals surface area contributed by atoms with Crippen molar-refractivity contribution in [3.8, 4) is 5.75 Å². The maximum Gasteiger partial charge on any atom is 0.332 e. The van der Waals surface area contributed by atoms with Crippen LogP contribution in [0.15, 0.2) is 48.7 Å². The largest absolute Gasteiger partial charge is 0.497 e. The number of hydrogen-bond acceptors (Lipinski definition) is 6. The standard InChI is InChI=1S/C23H24F3N5O3/c1-13(23(2,3)33)28-21-27-12-11-18(30-21)31(14-5-7-15(34-4)8-6-14)22(32)29-17-10-9-16(24)19(25)20(17)26/h5-13,33H,1-4H3,(H,29,32)(H,27,28,30). The van der Waals surface area contributed by atoms with Gasteiger partial charge in [-0.1, -0.05) is 0 Å². The molecule has 0 aliphatic heterocycles. The van der Waals surface area contributed by atoms with E-state index in [0.29, 0.717) is 17.5 Å². The van der Waals surface area contributed by atoms with Crippen LogP contribution in [0.25, 0.3) is 0 Å². The van der Waals surface area contributed by atoms with E-state index >= 15 is 0 Å². The van der Waals surface area contributed by atoms with Gasteiger partial charge in [-0.05, 0) is 57.2 Å². The molecule has 1 aromatic heterocycles. The first-order valence-corrected chi connectivity index (χ1v) is 10.2. The van der Waals surface area contributed by atoms with Gasteiger partial charge < -0.3 is 20.5 Å². The van der Waals surface area contributed by atoms with Crippen LogP contribution in [-0.2, 0) is 0 Å². The molecule has 0 saturated heterocycles. The van der Waals surface area contributed by atoms with E-state index in [1.165, 1.54) is 19.4 Å². The van der Waals surface area contributed by atoms with Crippen molar-refractivity contribution in [2.75, 3.05) is 22.6 Å². The molecule has 34 heavy (non-hydrogen) atoms. The Balaban J connectivity index is 2.00. The minimum atomic E-state index is -1.71. The minimum Gasteiger partial charge on any atom is -0.497 e. The Morgan fingerprint density at radius 2 is 1.76 bits per heavy atom. The van der Waals surface area contributed by atoms with Gasteiger partial charge in [0.2, 0.25) is 5.95 Å². The number of carbonyl (C=O) groups is 1. The number of nitrogens with one attached hydrogen (secondary N) is 2. The molecule has 0 bridgehead atoms. The van der Waals surface area contributed by atoms with E-state index in [9.17, 15) is 23.1 Å². The SMILES string of the molecule is COc1ccc(N(C(=O)Nc2ccc(F)c(F)c2F)c2ccnc(NC(C)C(C)(C)O)n2)cc1. The molecule has 1 atom stereocenters. The molecule has 1 heterocycles. The molecular formula is C23H24F3N5O3. The van der Waals surface area contributed by atoms with Crippen LogP contribution >= 0.6 is 0 Å². The molecule has 1 unspecified atom stereocenters. The first kappa shape index (κ1) is 24.8. The van der Waals surface area contributed by atoms with Crippen molar-refractivity contribution in [3.05, 3.63) is 66.1 Å². The summed E-state index contributed by atoms with van der Waals surface area (Å²) < 4.78 is 46.3. The summed E-state index contributed by atoms with van der Waals surface area (Å²) in [5, 5.41) is 15.4. The third-order valence-corrected chi connectivity index (χ3v) is 5.09. The average molecular weight is 475 g/mol. The van der Waals surface area contributed by atoms with Crippen molar-refractivity contribution in [1.29, 1.82) is 0 Å². The van der Waals surface area contributed by atoms with Gasteiger partial charge in [0.15, 0.2) is 17.5 Å². The van der Waals surface area contributed by atoms with Gasteiger partial charge in [-0.3, -0.25) is 0 Å². The summed E-state index contributed by atoms with van der Waals surface area (Å²) in [6.07, 6.45) is 1.39. The van der Waals surface area contributed by atoms with E-state index in [-0.39, 0.29) is 11.8 Å². The Hall–Kier alpha value is -3.86. The van der Waals surface area contributed by atoms with Crippen molar-refractivity contribution in [3.63, 3.8) is 0 Å². The van der Waals surface area contributed by atoms with E-state index in [1.54, 1.807) is 45.0 Å². The highest BCUT2D eigenvalue weighted by atomic mass is 19.2. The minimum absolute atomic E-state index is 0.0890. The third kappa shape index (κ3) is 5.54. The Bertz CT molecular complexity index is 1170. The van der Waals surface area contributed by atoms with E-state index in [4.69, 9.17) is 4.74 Å². The van der Waals surface area contributed by atoms with Gasteiger partial charge in [-0.15, -0.1) is 0 Å². The maximum atomic E-state index is 14.2. The molecule has 0 spiro atoms. The smallest absolute Gasteiger partial charge is 0.332 e. The first-order valence-electron chi connectivity index (χ1n) is 10.2. The lowest BCUT2D eigenvalue weighted by atomic mass is 10.0. The van der Waals surface area contributed by atoms with Crippen LogP contribution in [-0.4, -0.2) is 39.9 Å². The number of halogens is 3. The first-order chi connectivity index (χ1) is 16.0. The van der Waals surface area contributed by atoms with Gasteiger partial charge in [-0.2, -0.15) is 4.98 Å². The number of methoxy groups -OCH3 is 1. The number of nitrogens with zero attached hydrogens (tertiary/aromatic N) is 3. The average Bonchev–Trinajstić information content (AvgIpc) is 2.80. The summed E-state index contributed by atoms with van der Waals surface area (Å²) in [6.45, 7) is 4.96. The van der Waals surface area contributed by atoms with E-state index < -0.39 is 40.8 Å². The quantitative estimate of drug-likeness (QED) is 0.423. The van der Waals surface area contributed by atoms with E-state index in [0.717, 1.165) is 11.0 Å². The Kier molecular flexibility index (Phi) is 7.26. The normalized spacial score (nSPS) is 12.1. The maximum absolute atomic E-state index is 14.2. The van der Waals surface area contributed by atoms with Gasteiger partial charge in [0.1, 0.15) is 11.6 Å². The molecule has 0 fully saturated rings. The summed E-state index contributed by atoms with van der Waals surface area (Å²) in [6, 6.07) is 8.05. The molecule has 2 aromatic carbocycles. The zero-order chi connectivity index (χ0) is 25.0. The topological polar surface area (TPSA) is 99.6 Å². The number of hydrogen-bond donors (Lipinski definition) is 3. The van der Waals surface area contributed by atoms with Crippen molar-refractivity contribution in [2.45, 2.75) is 32.4 Å². The molecule has 2 amide bonds. The number of benzene rings is 2. The highest BCUT2D eigenvalue weighted by molar-refractivity contribution is 6.06. The highest BCUT2D eigenvalue weighted by Gasteiger charge is 2.25. The van der Waals surface area contributed by atoms with Gasteiger partial charge in [0.05, 0.1) is 30.1 Å². The Labute approximate surface area is 194 Å². The van der Waals surface area contributed by atoms with Crippen molar-refractivity contribution in [1.82, 2.24) is 9.97 Å². The Morgan fingerprint density at radius 1 is 1.09 bits per heavy atom. The van der Waals surface area contributed by atoms with Crippen LogP contribution in [0.1, 0.15) is 20.8 Å². The molecule has 0 radical (unpaired) electrons. The number of ether oxygens (including phenoxy) is 1. The number of rotatable bonds is 7. The summed E-state index contributed by atoms with van der Waals surface area (Å²) in [5.41, 5.74) is -1.32. The molecule has 8 nitrogen and oxygen atoms in total. The number of aromatic nitrogens is 2. The lowest BCUT2D eigenvalue weighted by Crippen LogP contribution is -2.40. The van der Waals surface area contributed by atoms with Crippen LogP contribution in [0, 0.1) is 17.5 Å². The molecule has 11 heteroatoms. The summed E-state index contributed by atoms with van der Waals surface area (Å²) in [7, 11) is 1.48. The molecule has 3 aromatic rings. The second kappa shape index (κ2) is 9.96. The van der Waals surface area contributed by atoms with E-state index in [2.05, 4.69) is 20.6 Å². The molecule has 0 aliphatic carbocycles. The molecule has 0 aliphatic rings. The van der Waals surface area contributed by atoms with E-state index in [1.807, 2.05) is 0 Å².